The van der Waals surface area contributed by atoms with E-state index in [-0.39, 0.29) is 0 Å². The van der Waals surface area contributed by atoms with Crippen molar-refractivity contribution in [2.75, 3.05) is 0 Å². The van der Waals surface area contributed by atoms with Crippen LogP contribution in [0.25, 0.3) is 0 Å². The molecule has 0 saturated carbocycles. The third-order valence-electron chi connectivity index (χ3n) is 2.44. The molecule has 1 aromatic heterocycles. The maximum Gasteiger partial charge on any atom is 0.0304 e. The van der Waals surface area contributed by atoms with Crippen molar-refractivity contribution >= 4 is 11.3 Å². The fraction of sp³-hybridized carbons (Fsp3) is 0.636. The molecular formula is C11H19NS. The largest absolute Gasteiger partial charge is 0.309 e. The lowest BCUT2D eigenvalue weighted by Gasteiger charge is -2.10. The molecule has 1 rings (SSSR count). The summed E-state index contributed by atoms with van der Waals surface area (Å²) in [7, 11) is 0. The van der Waals surface area contributed by atoms with Gasteiger partial charge in [-0.05, 0) is 36.8 Å². The molecule has 1 unspecified atom stereocenters. The molecule has 1 aromatic rings. The number of hydrogen-bond acceptors (Lipinski definition) is 2. The minimum Gasteiger partial charge on any atom is -0.309 e. The molecule has 0 amide bonds. The normalized spacial score (nSPS) is 13.2. The van der Waals surface area contributed by atoms with Gasteiger partial charge >= 0.3 is 0 Å². The quantitative estimate of drug-likeness (QED) is 0.764. The summed E-state index contributed by atoms with van der Waals surface area (Å²) in [6.45, 7) is 7.71. The van der Waals surface area contributed by atoms with Gasteiger partial charge in [-0.3, -0.25) is 0 Å². The van der Waals surface area contributed by atoms with Gasteiger partial charge in [0.25, 0.3) is 0 Å². The predicted octanol–water partition coefficient (Wildman–Crippen LogP) is 3.20. The van der Waals surface area contributed by atoms with Gasteiger partial charge in [-0.1, -0.05) is 13.8 Å². The lowest BCUT2D eigenvalue weighted by molar-refractivity contribution is 0.536. The molecule has 0 aliphatic rings. The first-order chi connectivity index (χ1) is 6.27. The van der Waals surface area contributed by atoms with E-state index in [1.54, 1.807) is 0 Å². The van der Waals surface area contributed by atoms with Crippen molar-refractivity contribution in [3.05, 3.63) is 21.9 Å². The molecule has 1 atom stereocenters. The lowest BCUT2D eigenvalue weighted by atomic mass is 10.2. The van der Waals surface area contributed by atoms with Crippen LogP contribution in [0, 0.1) is 0 Å². The first-order valence-corrected chi connectivity index (χ1v) is 5.94. The van der Waals surface area contributed by atoms with E-state index in [0.29, 0.717) is 6.04 Å². The summed E-state index contributed by atoms with van der Waals surface area (Å²) < 4.78 is 0. The Bertz CT molecular complexity index is 242. The topological polar surface area (TPSA) is 12.0 Å². The number of hydrogen-bond donors (Lipinski definition) is 1. The summed E-state index contributed by atoms with van der Waals surface area (Å²) in [6, 6.07) is 2.87. The number of nitrogens with one attached hydrogen (secondary N) is 1. The highest BCUT2D eigenvalue weighted by molar-refractivity contribution is 7.10. The third-order valence-corrected chi connectivity index (χ3v) is 3.41. The van der Waals surface area contributed by atoms with Crippen LogP contribution in [0.2, 0.25) is 0 Å². The van der Waals surface area contributed by atoms with Crippen LogP contribution in [0.4, 0.5) is 0 Å². The Morgan fingerprint density at radius 1 is 1.46 bits per heavy atom. The second kappa shape index (κ2) is 5.40. The van der Waals surface area contributed by atoms with Crippen molar-refractivity contribution in [2.45, 2.75) is 46.2 Å². The average Bonchev–Trinajstić information content (AvgIpc) is 2.61. The molecule has 13 heavy (non-hydrogen) atoms. The fourth-order valence-corrected chi connectivity index (χ4v) is 2.18. The Labute approximate surface area is 85.2 Å². The van der Waals surface area contributed by atoms with Crippen LogP contribution < -0.4 is 5.32 Å². The first-order valence-electron chi connectivity index (χ1n) is 5.06. The molecule has 0 radical (unpaired) electrons. The maximum atomic E-state index is 3.52. The van der Waals surface area contributed by atoms with Crippen LogP contribution in [0.15, 0.2) is 11.4 Å². The lowest BCUT2D eigenvalue weighted by Crippen LogP contribution is -2.24. The summed E-state index contributed by atoms with van der Waals surface area (Å²) in [4.78, 5) is 1.50. The van der Waals surface area contributed by atoms with Gasteiger partial charge in [0.2, 0.25) is 0 Å². The molecule has 74 valence electrons. The Hall–Kier alpha value is -0.340. The highest BCUT2D eigenvalue weighted by Gasteiger charge is 2.03. The molecule has 0 aliphatic heterocycles. The van der Waals surface area contributed by atoms with E-state index in [9.17, 15) is 0 Å². The van der Waals surface area contributed by atoms with Crippen molar-refractivity contribution < 1.29 is 0 Å². The Morgan fingerprint density at radius 2 is 2.23 bits per heavy atom. The minimum atomic E-state index is 0.631. The van der Waals surface area contributed by atoms with Gasteiger partial charge in [-0.25, -0.2) is 0 Å². The second-order valence-corrected chi connectivity index (χ2v) is 4.41. The zero-order valence-corrected chi connectivity index (χ0v) is 9.58. The highest BCUT2D eigenvalue weighted by Crippen LogP contribution is 2.17. The molecule has 0 bridgehead atoms. The Morgan fingerprint density at radius 3 is 2.85 bits per heavy atom. The second-order valence-electron chi connectivity index (χ2n) is 3.41. The number of aryl methyl sites for hydroxylation is 1. The minimum absolute atomic E-state index is 0.631. The van der Waals surface area contributed by atoms with E-state index < -0.39 is 0 Å². The van der Waals surface area contributed by atoms with Gasteiger partial charge in [-0.2, -0.15) is 0 Å². The molecule has 0 fully saturated rings. The molecule has 0 spiro atoms. The van der Waals surface area contributed by atoms with E-state index in [1.807, 2.05) is 11.3 Å². The summed E-state index contributed by atoms with van der Waals surface area (Å²) in [5.41, 5.74) is 1.50. The average molecular weight is 197 g/mol. The molecule has 1 nitrogen and oxygen atoms in total. The van der Waals surface area contributed by atoms with Gasteiger partial charge in [0.1, 0.15) is 0 Å². The zero-order valence-electron chi connectivity index (χ0n) is 8.76. The van der Waals surface area contributed by atoms with Crippen molar-refractivity contribution in [1.82, 2.24) is 5.32 Å². The fourth-order valence-electron chi connectivity index (χ4n) is 1.25. The van der Waals surface area contributed by atoms with Gasteiger partial charge in [-0.15, -0.1) is 11.3 Å². The molecule has 0 aliphatic carbocycles. The summed E-state index contributed by atoms with van der Waals surface area (Å²) in [5.74, 6) is 0. The van der Waals surface area contributed by atoms with Crippen molar-refractivity contribution in [3.8, 4) is 0 Å². The van der Waals surface area contributed by atoms with Crippen molar-refractivity contribution in [1.29, 1.82) is 0 Å². The van der Waals surface area contributed by atoms with Gasteiger partial charge in [0, 0.05) is 17.5 Å². The number of thiophene rings is 1. The van der Waals surface area contributed by atoms with Crippen molar-refractivity contribution in [3.63, 3.8) is 0 Å². The van der Waals surface area contributed by atoms with E-state index in [0.717, 1.165) is 13.0 Å². The molecule has 0 aromatic carbocycles. The van der Waals surface area contributed by atoms with E-state index >= 15 is 0 Å². The Balaban J connectivity index is 2.44. The van der Waals surface area contributed by atoms with Crippen molar-refractivity contribution in [2.24, 2.45) is 0 Å². The van der Waals surface area contributed by atoms with Crippen LogP contribution in [0.3, 0.4) is 0 Å². The molecule has 1 N–H and O–H groups in total. The van der Waals surface area contributed by atoms with Crippen LogP contribution in [0.5, 0.6) is 0 Å². The SMILES string of the molecule is CCc1ccsc1CNC(C)CC. The standard InChI is InChI=1S/C11H19NS/c1-4-9(3)12-8-11-10(5-2)6-7-13-11/h6-7,9,12H,4-5,8H2,1-3H3. The summed E-state index contributed by atoms with van der Waals surface area (Å²) in [5, 5.41) is 5.71. The smallest absolute Gasteiger partial charge is 0.0304 e. The Kier molecular flexibility index (Phi) is 4.46. The van der Waals surface area contributed by atoms with E-state index in [2.05, 4.69) is 37.5 Å². The summed E-state index contributed by atoms with van der Waals surface area (Å²) in [6.07, 6.45) is 2.36. The zero-order chi connectivity index (χ0) is 9.68. The molecule has 1 heterocycles. The maximum absolute atomic E-state index is 3.52. The van der Waals surface area contributed by atoms with E-state index in [1.165, 1.54) is 16.9 Å². The van der Waals surface area contributed by atoms with E-state index in [4.69, 9.17) is 0 Å². The highest BCUT2D eigenvalue weighted by atomic mass is 32.1. The molecule has 2 heteroatoms. The van der Waals surface area contributed by atoms with Crippen LogP contribution >= 0.6 is 11.3 Å². The van der Waals surface area contributed by atoms with Gasteiger partial charge in [0.15, 0.2) is 0 Å². The molecular weight excluding hydrogens is 178 g/mol. The monoisotopic (exact) mass is 197 g/mol. The van der Waals surface area contributed by atoms with Crippen LogP contribution in [0.1, 0.15) is 37.6 Å². The third kappa shape index (κ3) is 3.12. The predicted molar refractivity (Wildman–Crippen MR) is 60.3 cm³/mol. The van der Waals surface area contributed by atoms with Gasteiger partial charge in [0.05, 0.1) is 0 Å². The molecule has 0 saturated heterocycles. The van der Waals surface area contributed by atoms with Gasteiger partial charge < -0.3 is 5.32 Å². The van der Waals surface area contributed by atoms with Crippen LogP contribution in [-0.2, 0) is 13.0 Å². The number of rotatable bonds is 5. The van der Waals surface area contributed by atoms with Crippen LogP contribution in [-0.4, -0.2) is 6.04 Å². The summed E-state index contributed by atoms with van der Waals surface area (Å²) >= 11 is 1.86. The first kappa shape index (κ1) is 10.7.